The molecule has 1 heterocycles. The summed E-state index contributed by atoms with van der Waals surface area (Å²) in [5.41, 5.74) is -0.141. The summed E-state index contributed by atoms with van der Waals surface area (Å²) in [7, 11) is 0. The van der Waals surface area contributed by atoms with Crippen LogP contribution in [0.3, 0.4) is 0 Å². The summed E-state index contributed by atoms with van der Waals surface area (Å²) in [4.78, 5) is 12.5. The van der Waals surface area contributed by atoms with Crippen molar-refractivity contribution in [1.29, 1.82) is 0 Å². The molecule has 0 saturated heterocycles. The summed E-state index contributed by atoms with van der Waals surface area (Å²) in [6, 6.07) is 3.90. The second-order valence-corrected chi connectivity index (χ2v) is 6.29. The molecule has 0 aliphatic heterocycles. The number of carbonyl (C=O) groups excluding carboxylic acids is 1. The summed E-state index contributed by atoms with van der Waals surface area (Å²) >= 11 is 1.59. The molecule has 3 nitrogen and oxygen atoms in total. The van der Waals surface area contributed by atoms with Crippen molar-refractivity contribution in [3.63, 3.8) is 0 Å². The maximum atomic E-state index is 11.5. The Kier molecular flexibility index (Phi) is 5.56. The van der Waals surface area contributed by atoms with Gasteiger partial charge in [0.25, 0.3) is 0 Å². The lowest BCUT2D eigenvalue weighted by Gasteiger charge is -2.25. The first-order valence-corrected chi connectivity index (χ1v) is 6.95. The number of amides is 1. The number of nitrogens with one attached hydrogen (secondary N) is 1. The van der Waals surface area contributed by atoms with Crippen LogP contribution in [0.15, 0.2) is 23.6 Å². The molecule has 0 bridgehead atoms. The fraction of sp³-hybridized carbons (Fsp3) is 0.500. The maximum Gasteiger partial charge on any atom is 0.244 e. The van der Waals surface area contributed by atoms with Crippen LogP contribution in [0.5, 0.6) is 0 Å². The smallest absolute Gasteiger partial charge is 0.244 e. The van der Waals surface area contributed by atoms with Gasteiger partial charge < -0.3 is 10.4 Å². The van der Waals surface area contributed by atoms with Crippen LogP contribution >= 0.6 is 11.3 Å². The predicted octanol–water partition coefficient (Wildman–Crippen LogP) is 2.67. The maximum absolute atomic E-state index is 11.5. The lowest BCUT2D eigenvalue weighted by atomic mass is 9.87. The normalized spacial score (nSPS) is 13.8. The van der Waals surface area contributed by atoms with E-state index in [-0.39, 0.29) is 11.3 Å². The Morgan fingerprint density at radius 2 is 2.28 bits per heavy atom. The highest BCUT2D eigenvalue weighted by atomic mass is 32.1. The zero-order valence-corrected chi connectivity index (χ0v) is 12.0. The molecule has 4 heteroatoms. The Morgan fingerprint density at radius 1 is 1.56 bits per heavy atom. The third-order valence-corrected chi connectivity index (χ3v) is 3.50. The number of rotatable bonds is 5. The van der Waals surface area contributed by atoms with Gasteiger partial charge in [-0.05, 0) is 29.4 Å². The molecule has 0 fully saturated rings. The summed E-state index contributed by atoms with van der Waals surface area (Å²) in [5.74, 6) is -0.121. The molecule has 0 aliphatic carbocycles. The molecular formula is C14H21NO2S. The van der Waals surface area contributed by atoms with Crippen molar-refractivity contribution in [2.75, 3.05) is 6.54 Å². The molecule has 18 heavy (non-hydrogen) atoms. The SMILES string of the molecule is CC(C)(C)[C@H](O)CCNC(=O)/C=C/c1cccs1. The van der Waals surface area contributed by atoms with Crippen LogP contribution < -0.4 is 5.32 Å². The Labute approximate surface area is 113 Å². The molecule has 1 atom stereocenters. The summed E-state index contributed by atoms with van der Waals surface area (Å²) < 4.78 is 0. The van der Waals surface area contributed by atoms with Crippen LogP contribution in [0.1, 0.15) is 32.1 Å². The topological polar surface area (TPSA) is 49.3 Å². The first-order chi connectivity index (χ1) is 8.39. The molecule has 1 rings (SSSR count). The largest absolute Gasteiger partial charge is 0.393 e. The van der Waals surface area contributed by atoms with E-state index in [0.717, 1.165) is 4.88 Å². The lowest BCUT2D eigenvalue weighted by Crippen LogP contribution is -2.31. The van der Waals surface area contributed by atoms with Crippen LogP contribution in [0.25, 0.3) is 6.08 Å². The number of carbonyl (C=O) groups is 1. The minimum absolute atomic E-state index is 0.121. The van der Waals surface area contributed by atoms with E-state index in [1.54, 1.807) is 17.4 Å². The standard InChI is InChI=1S/C14H21NO2S/c1-14(2,3)12(16)8-9-15-13(17)7-6-11-5-4-10-18-11/h4-7,10,12,16H,8-9H2,1-3H3,(H,15,17)/b7-6+/t12-/m1/s1. The predicted molar refractivity (Wildman–Crippen MR) is 76.4 cm³/mol. The van der Waals surface area contributed by atoms with E-state index < -0.39 is 6.10 Å². The van der Waals surface area contributed by atoms with Gasteiger partial charge in [-0.3, -0.25) is 4.79 Å². The van der Waals surface area contributed by atoms with Crippen LogP contribution in [-0.2, 0) is 4.79 Å². The van der Waals surface area contributed by atoms with E-state index in [1.165, 1.54) is 6.08 Å². The third-order valence-electron chi connectivity index (χ3n) is 2.66. The summed E-state index contributed by atoms with van der Waals surface area (Å²) in [6.45, 7) is 6.44. The Morgan fingerprint density at radius 3 is 2.83 bits per heavy atom. The van der Waals surface area contributed by atoms with E-state index in [2.05, 4.69) is 5.32 Å². The van der Waals surface area contributed by atoms with Crippen molar-refractivity contribution >= 4 is 23.3 Å². The highest BCUT2D eigenvalue weighted by Crippen LogP contribution is 2.20. The third kappa shape index (κ3) is 5.47. The second kappa shape index (κ2) is 6.71. The summed E-state index contributed by atoms with van der Waals surface area (Å²) in [5, 5.41) is 14.5. The molecule has 1 aromatic rings. The Hall–Kier alpha value is -1.13. The van der Waals surface area contributed by atoms with E-state index in [1.807, 2.05) is 38.3 Å². The van der Waals surface area contributed by atoms with Gasteiger partial charge in [0.1, 0.15) is 0 Å². The number of thiophene rings is 1. The van der Waals surface area contributed by atoms with Gasteiger partial charge in [-0.2, -0.15) is 0 Å². The molecule has 0 radical (unpaired) electrons. The fourth-order valence-corrected chi connectivity index (χ4v) is 1.99. The first-order valence-electron chi connectivity index (χ1n) is 6.07. The highest BCUT2D eigenvalue weighted by molar-refractivity contribution is 7.10. The second-order valence-electron chi connectivity index (χ2n) is 5.31. The van der Waals surface area contributed by atoms with Crippen molar-refractivity contribution in [3.8, 4) is 0 Å². The van der Waals surface area contributed by atoms with E-state index in [4.69, 9.17) is 0 Å². The zero-order valence-electron chi connectivity index (χ0n) is 11.1. The van der Waals surface area contributed by atoms with Crippen LogP contribution in [-0.4, -0.2) is 23.7 Å². The first kappa shape index (κ1) is 14.9. The van der Waals surface area contributed by atoms with Crippen LogP contribution in [0.2, 0.25) is 0 Å². The number of aliphatic hydroxyl groups is 1. The van der Waals surface area contributed by atoms with Gasteiger partial charge >= 0.3 is 0 Å². The van der Waals surface area contributed by atoms with Gasteiger partial charge in [-0.1, -0.05) is 26.8 Å². The molecule has 0 aliphatic rings. The zero-order chi connectivity index (χ0) is 13.6. The van der Waals surface area contributed by atoms with Crippen molar-refractivity contribution in [3.05, 3.63) is 28.5 Å². The Balaban J connectivity index is 2.26. The van der Waals surface area contributed by atoms with Gasteiger partial charge in [-0.25, -0.2) is 0 Å². The van der Waals surface area contributed by atoms with Gasteiger partial charge in [0, 0.05) is 17.5 Å². The average Bonchev–Trinajstić information content (AvgIpc) is 2.77. The van der Waals surface area contributed by atoms with Gasteiger partial charge in [-0.15, -0.1) is 11.3 Å². The van der Waals surface area contributed by atoms with E-state index in [9.17, 15) is 9.90 Å². The van der Waals surface area contributed by atoms with E-state index in [0.29, 0.717) is 13.0 Å². The van der Waals surface area contributed by atoms with Gasteiger partial charge in [0.2, 0.25) is 5.91 Å². The molecule has 2 N–H and O–H groups in total. The van der Waals surface area contributed by atoms with Gasteiger partial charge in [0.05, 0.1) is 6.10 Å². The quantitative estimate of drug-likeness (QED) is 0.806. The Bertz CT molecular complexity index is 390. The van der Waals surface area contributed by atoms with Crippen molar-refractivity contribution < 1.29 is 9.90 Å². The summed E-state index contributed by atoms with van der Waals surface area (Å²) in [6.07, 6.45) is 3.48. The molecule has 0 unspecified atom stereocenters. The van der Waals surface area contributed by atoms with Crippen molar-refractivity contribution in [2.45, 2.75) is 33.3 Å². The number of hydrogen-bond acceptors (Lipinski definition) is 3. The van der Waals surface area contributed by atoms with Crippen molar-refractivity contribution in [2.24, 2.45) is 5.41 Å². The lowest BCUT2D eigenvalue weighted by molar-refractivity contribution is -0.116. The number of hydrogen-bond donors (Lipinski definition) is 2. The minimum atomic E-state index is -0.404. The van der Waals surface area contributed by atoms with Gasteiger partial charge in [0.15, 0.2) is 0 Å². The molecule has 0 aromatic carbocycles. The highest BCUT2D eigenvalue weighted by Gasteiger charge is 2.21. The van der Waals surface area contributed by atoms with E-state index >= 15 is 0 Å². The van der Waals surface area contributed by atoms with Crippen molar-refractivity contribution in [1.82, 2.24) is 5.32 Å². The van der Waals surface area contributed by atoms with Crippen LogP contribution in [0.4, 0.5) is 0 Å². The molecule has 1 amide bonds. The minimum Gasteiger partial charge on any atom is -0.393 e. The molecule has 0 saturated carbocycles. The molecule has 1 aromatic heterocycles. The molecule has 100 valence electrons. The van der Waals surface area contributed by atoms with Crippen LogP contribution in [0, 0.1) is 5.41 Å². The molecular weight excluding hydrogens is 246 g/mol. The molecule has 0 spiro atoms. The monoisotopic (exact) mass is 267 g/mol. The number of aliphatic hydroxyl groups excluding tert-OH is 1. The average molecular weight is 267 g/mol. The fourth-order valence-electron chi connectivity index (χ4n) is 1.37.